The van der Waals surface area contributed by atoms with Gasteiger partial charge in [0.15, 0.2) is 0 Å². The molecule has 19 heavy (non-hydrogen) atoms. The lowest BCUT2D eigenvalue weighted by Crippen LogP contribution is -1.93. The second-order valence-electron chi connectivity index (χ2n) is 3.73. The molecule has 0 atom stereocenters. The molecule has 4 aromatic rings. The van der Waals surface area contributed by atoms with E-state index in [1.54, 1.807) is 34.4 Å². The maximum absolute atomic E-state index is 4.54. The molecular weight excluding hydrogens is 280 g/mol. The minimum atomic E-state index is 0.612. The Hall–Kier alpha value is -2.19. The Morgan fingerprint density at radius 2 is 2.16 bits per heavy atom. The minimum Gasteiger partial charge on any atom is -0.261 e. The first-order chi connectivity index (χ1) is 9.42. The maximum atomic E-state index is 4.54. The first-order valence-corrected chi connectivity index (χ1v) is 7.19. The van der Waals surface area contributed by atoms with E-state index in [1.165, 1.54) is 11.3 Å². The molecule has 0 unspecified atom stereocenters. The Kier molecular flexibility index (Phi) is 2.35. The molecule has 0 bridgehead atoms. The summed E-state index contributed by atoms with van der Waals surface area (Å²) in [5.74, 6) is 0.612. The van der Waals surface area contributed by atoms with Crippen molar-refractivity contribution in [3.05, 3.63) is 35.4 Å². The Morgan fingerprint density at radius 1 is 1.16 bits per heavy atom. The molecule has 0 aliphatic carbocycles. The van der Waals surface area contributed by atoms with Crippen LogP contribution in [0.15, 0.2) is 35.4 Å². The van der Waals surface area contributed by atoms with Gasteiger partial charge in [-0.15, -0.1) is 10.2 Å². The predicted molar refractivity (Wildman–Crippen MR) is 73.0 cm³/mol. The summed E-state index contributed by atoms with van der Waals surface area (Å²) in [5, 5.41) is 17.8. The van der Waals surface area contributed by atoms with E-state index in [4.69, 9.17) is 0 Å². The highest BCUT2D eigenvalue weighted by atomic mass is 32.1. The summed E-state index contributed by atoms with van der Waals surface area (Å²) in [5.41, 5.74) is 1.77. The SMILES string of the molecule is c1cnc(-c2nnc3sc(-c4ccsc4)nn23)cn1. The first kappa shape index (κ1) is 10.7. The average molecular weight is 286 g/mol. The van der Waals surface area contributed by atoms with Crippen molar-refractivity contribution in [3.63, 3.8) is 0 Å². The maximum Gasteiger partial charge on any atom is 0.235 e. The van der Waals surface area contributed by atoms with Crippen LogP contribution in [0.5, 0.6) is 0 Å². The minimum absolute atomic E-state index is 0.612. The first-order valence-electron chi connectivity index (χ1n) is 5.43. The monoisotopic (exact) mass is 286 g/mol. The summed E-state index contributed by atoms with van der Waals surface area (Å²) in [6.07, 6.45) is 4.90. The third-order valence-electron chi connectivity index (χ3n) is 2.55. The highest BCUT2D eigenvalue weighted by molar-refractivity contribution is 7.20. The van der Waals surface area contributed by atoms with Crippen LogP contribution < -0.4 is 0 Å². The molecule has 0 amide bonds. The standard InChI is InChI=1S/C11H6N6S2/c1-4-18-6-7(1)10-16-17-9(14-15-11(17)19-10)8-5-12-2-3-13-8/h1-6H. The van der Waals surface area contributed by atoms with Crippen LogP contribution in [0, 0.1) is 0 Å². The number of fused-ring (bicyclic) bond motifs is 1. The van der Waals surface area contributed by atoms with E-state index in [2.05, 4.69) is 30.6 Å². The number of rotatable bonds is 2. The van der Waals surface area contributed by atoms with Crippen molar-refractivity contribution in [2.45, 2.75) is 0 Å². The topological polar surface area (TPSA) is 68.9 Å². The molecule has 0 radical (unpaired) electrons. The molecule has 0 aliphatic rings. The highest BCUT2D eigenvalue weighted by Crippen LogP contribution is 2.28. The fourth-order valence-corrected chi connectivity index (χ4v) is 3.24. The molecule has 0 spiro atoms. The van der Waals surface area contributed by atoms with E-state index in [9.17, 15) is 0 Å². The zero-order chi connectivity index (χ0) is 12.7. The van der Waals surface area contributed by atoms with E-state index in [1.807, 2.05) is 11.4 Å². The molecule has 0 saturated heterocycles. The summed E-state index contributed by atoms with van der Waals surface area (Å²) in [4.78, 5) is 9.01. The van der Waals surface area contributed by atoms with Gasteiger partial charge in [0.2, 0.25) is 10.8 Å². The van der Waals surface area contributed by atoms with Crippen molar-refractivity contribution in [3.8, 4) is 22.1 Å². The van der Waals surface area contributed by atoms with Crippen LogP contribution >= 0.6 is 22.7 Å². The molecule has 0 fully saturated rings. The second-order valence-corrected chi connectivity index (χ2v) is 5.46. The molecular formula is C11H6N6S2. The molecule has 4 heterocycles. The van der Waals surface area contributed by atoms with Crippen LogP contribution in [0.1, 0.15) is 0 Å². The van der Waals surface area contributed by atoms with Crippen molar-refractivity contribution in [2.75, 3.05) is 0 Å². The third-order valence-corrected chi connectivity index (χ3v) is 4.18. The zero-order valence-corrected chi connectivity index (χ0v) is 11.1. The van der Waals surface area contributed by atoms with Crippen LogP contribution in [0.3, 0.4) is 0 Å². The largest absolute Gasteiger partial charge is 0.261 e. The second kappa shape index (κ2) is 4.18. The van der Waals surface area contributed by atoms with E-state index >= 15 is 0 Å². The number of nitrogens with zero attached hydrogens (tertiary/aromatic N) is 6. The van der Waals surface area contributed by atoms with Gasteiger partial charge >= 0.3 is 0 Å². The average Bonchev–Trinajstić information content (AvgIpc) is 3.15. The Labute approximate surface area is 115 Å². The predicted octanol–water partition coefficient (Wildman–Crippen LogP) is 2.37. The molecule has 8 heteroatoms. The van der Waals surface area contributed by atoms with E-state index in [-0.39, 0.29) is 0 Å². The van der Waals surface area contributed by atoms with Crippen LogP contribution in [0.25, 0.3) is 27.1 Å². The van der Waals surface area contributed by atoms with Crippen molar-refractivity contribution in [1.82, 2.24) is 29.8 Å². The lowest BCUT2D eigenvalue weighted by molar-refractivity contribution is 0.958. The number of hydrogen-bond donors (Lipinski definition) is 0. The van der Waals surface area contributed by atoms with E-state index in [0.29, 0.717) is 11.5 Å². The summed E-state index contributed by atoms with van der Waals surface area (Å²) in [6, 6.07) is 2.04. The smallest absolute Gasteiger partial charge is 0.235 e. The van der Waals surface area contributed by atoms with Gasteiger partial charge in [-0.3, -0.25) is 4.98 Å². The summed E-state index contributed by atoms with van der Waals surface area (Å²) in [6.45, 7) is 0. The molecule has 0 aliphatic heterocycles. The van der Waals surface area contributed by atoms with Gasteiger partial charge in [0, 0.05) is 23.3 Å². The molecule has 4 rings (SSSR count). The molecule has 6 nitrogen and oxygen atoms in total. The van der Waals surface area contributed by atoms with Crippen molar-refractivity contribution >= 4 is 27.6 Å². The number of hydrogen-bond acceptors (Lipinski definition) is 7. The fourth-order valence-electron chi connectivity index (χ4n) is 1.69. The summed E-state index contributed by atoms with van der Waals surface area (Å²) in [7, 11) is 0. The van der Waals surface area contributed by atoms with Crippen LogP contribution in [0.4, 0.5) is 0 Å². The number of aromatic nitrogens is 6. The van der Waals surface area contributed by atoms with Gasteiger partial charge in [-0.1, -0.05) is 11.3 Å². The van der Waals surface area contributed by atoms with Gasteiger partial charge in [0.25, 0.3) is 0 Å². The zero-order valence-electron chi connectivity index (χ0n) is 9.46. The molecule has 4 aromatic heterocycles. The third kappa shape index (κ3) is 1.72. The van der Waals surface area contributed by atoms with Crippen molar-refractivity contribution in [1.29, 1.82) is 0 Å². The summed E-state index contributed by atoms with van der Waals surface area (Å²) >= 11 is 3.15. The van der Waals surface area contributed by atoms with Crippen LogP contribution in [0.2, 0.25) is 0 Å². The molecule has 0 N–H and O–H groups in total. The van der Waals surface area contributed by atoms with Gasteiger partial charge < -0.3 is 0 Å². The molecule has 0 saturated carbocycles. The summed E-state index contributed by atoms with van der Waals surface area (Å²) < 4.78 is 1.71. The van der Waals surface area contributed by atoms with E-state index < -0.39 is 0 Å². The van der Waals surface area contributed by atoms with Gasteiger partial charge in [-0.05, 0) is 11.4 Å². The lowest BCUT2D eigenvalue weighted by atomic mass is 10.4. The molecule has 92 valence electrons. The normalized spacial score (nSPS) is 11.2. The Bertz CT molecular complexity index is 818. The van der Waals surface area contributed by atoms with Crippen LogP contribution in [-0.2, 0) is 0 Å². The van der Waals surface area contributed by atoms with Gasteiger partial charge in [-0.25, -0.2) is 4.98 Å². The van der Waals surface area contributed by atoms with Gasteiger partial charge in [0.1, 0.15) is 10.7 Å². The molecule has 0 aromatic carbocycles. The number of thiophene rings is 1. The lowest BCUT2D eigenvalue weighted by Gasteiger charge is -1.93. The highest BCUT2D eigenvalue weighted by Gasteiger charge is 2.15. The van der Waals surface area contributed by atoms with Crippen molar-refractivity contribution < 1.29 is 0 Å². The van der Waals surface area contributed by atoms with Gasteiger partial charge in [0.05, 0.1) is 6.20 Å². The van der Waals surface area contributed by atoms with Crippen LogP contribution in [-0.4, -0.2) is 29.8 Å². The Balaban J connectivity index is 1.90. The Morgan fingerprint density at radius 3 is 2.95 bits per heavy atom. The van der Waals surface area contributed by atoms with Gasteiger partial charge in [-0.2, -0.15) is 21.0 Å². The quantitative estimate of drug-likeness (QED) is 0.566. The fraction of sp³-hybridized carbons (Fsp3) is 0. The van der Waals surface area contributed by atoms with E-state index in [0.717, 1.165) is 15.5 Å². The van der Waals surface area contributed by atoms with Crippen molar-refractivity contribution in [2.24, 2.45) is 0 Å².